The molecule has 0 saturated carbocycles. The summed E-state index contributed by atoms with van der Waals surface area (Å²) in [7, 11) is 0. The summed E-state index contributed by atoms with van der Waals surface area (Å²) in [5, 5.41) is 9.08. The summed E-state index contributed by atoms with van der Waals surface area (Å²) in [6.45, 7) is 1.83. The minimum absolute atomic E-state index is 0.358. The minimum atomic E-state index is -0.856. The lowest BCUT2D eigenvalue weighted by molar-refractivity contribution is -0.137. The summed E-state index contributed by atoms with van der Waals surface area (Å²) in [6.07, 6.45) is 1.69. The van der Waals surface area contributed by atoms with Gasteiger partial charge in [-0.1, -0.05) is 42.0 Å². The summed E-state index contributed by atoms with van der Waals surface area (Å²) in [4.78, 5) is 11.1. The molecule has 15 heavy (non-hydrogen) atoms. The second-order valence-corrected chi connectivity index (χ2v) is 3.64. The van der Waals surface area contributed by atoms with Crippen molar-refractivity contribution in [1.29, 1.82) is 0 Å². The fourth-order valence-electron chi connectivity index (χ4n) is 1.30. The standard InChI is InChI=1S/C12H13ClO2/c1-9(8-13)7-11(12(14)15)10-5-3-2-4-6-10/h2-7,11H,8H2,1H3,(H,14,15)/t11-/m0/s1. The van der Waals surface area contributed by atoms with E-state index in [2.05, 4.69) is 0 Å². The molecule has 1 rings (SSSR count). The predicted molar refractivity (Wildman–Crippen MR) is 61.3 cm³/mol. The van der Waals surface area contributed by atoms with Gasteiger partial charge < -0.3 is 5.11 Å². The van der Waals surface area contributed by atoms with E-state index in [1.165, 1.54) is 0 Å². The van der Waals surface area contributed by atoms with Crippen LogP contribution in [0.25, 0.3) is 0 Å². The van der Waals surface area contributed by atoms with Gasteiger partial charge in [0, 0.05) is 5.88 Å². The predicted octanol–water partition coefficient (Wildman–Crippen LogP) is 3.04. The number of carboxylic acids is 1. The van der Waals surface area contributed by atoms with Crippen LogP contribution in [-0.2, 0) is 4.79 Å². The lowest BCUT2D eigenvalue weighted by atomic mass is 9.97. The topological polar surface area (TPSA) is 37.3 Å². The number of benzene rings is 1. The molecule has 0 unspecified atom stereocenters. The minimum Gasteiger partial charge on any atom is -0.481 e. The summed E-state index contributed by atoms with van der Waals surface area (Å²) in [5.74, 6) is -1.10. The van der Waals surface area contributed by atoms with Crippen molar-refractivity contribution in [2.45, 2.75) is 12.8 Å². The zero-order valence-electron chi connectivity index (χ0n) is 8.48. The van der Waals surface area contributed by atoms with Crippen LogP contribution < -0.4 is 0 Å². The number of hydrogen-bond donors (Lipinski definition) is 1. The fourth-order valence-corrected chi connectivity index (χ4v) is 1.39. The van der Waals surface area contributed by atoms with E-state index in [1.54, 1.807) is 18.2 Å². The summed E-state index contributed by atoms with van der Waals surface area (Å²) >= 11 is 5.63. The zero-order chi connectivity index (χ0) is 11.3. The van der Waals surface area contributed by atoms with Gasteiger partial charge in [-0.25, -0.2) is 0 Å². The average Bonchev–Trinajstić information content (AvgIpc) is 2.26. The molecule has 0 aliphatic heterocycles. The molecule has 1 atom stereocenters. The van der Waals surface area contributed by atoms with Crippen LogP contribution in [0.15, 0.2) is 42.0 Å². The van der Waals surface area contributed by atoms with Crippen molar-refractivity contribution >= 4 is 17.6 Å². The van der Waals surface area contributed by atoms with Crippen LogP contribution in [0.4, 0.5) is 0 Å². The Morgan fingerprint density at radius 2 is 2.07 bits per heavy atom. The monoisotopic (exact) mass is 224 g/mol. The Labute approximate surface area is 94.2 Å². The van der Waals surface area contributed by atoms with Crippen molar-refractivity contribution in [1.82, 2.24) is 0 Å². The van der Waals surface area contributed by atoms with Gasteiger partial charge in [0.25, 0.3) is 0 Å². The number of allylic oxidation sites excluding steroid dienone is 1. The van der Waals surface area contributed by atoms with Gasteiger partial charge in [-0.3, -0.25) is 4.79 Å². The smallest absolute Gasteiger partial charge is 0.314 e. The second kappa shape index (κ2) is 5.56. The zero-order valence-corrected chi connectivity index (χ0v) is 9.24. The highest BCUT2D eigenvalue weighted by Gasteiger charge is 2.16. The molecule has 80 valence electrons. The number of carboxylic acid groups (broad SMARTS) is 1. The number of hydrogen-bond acceptors (Lipinski definition) is 1. The van der Waals surface area contributed by atoms with E-state index in [9.17, 15) is 4.79 Å². The van der Waals surface area contributed by atoms with Crippen molar-refractivity contribution in [2.24, 2.45) is 0 Å². The number of rotatable bonds is 4. The molecule has 0 heterocycles. The van der Waals surface area contributed by atoms with Gasteiger partial charge in [-0.2, -0.15) is 0 Å². The molecule has 1 N–H and O–H groups in total. The molecule has 0 radical (unpaired) electrons. The lowest BCUT2D eigenvalue weighted by Gasteiger charge is -2.08. The molecule has 0 aliphatic rings. The molecule has 0 aliphatic carbocycles. The van der Waals surface area contributed by atoms with Crippen LogP contribution in [0.3, 0.4) is 0 Å². The first-order valence-electron chi connectivity index (χ1n) is 4.66. The Balaban J connectivity index is 2.99. The highest BCUT2D eigenvalue weighted by atomic mass is 35.5. The molecular formula is C12H13ClO2. The molecule has 0 aromatic heterocycles. The van der Waals surface area contributed by atoms with Gasteiger partial charge in [0.1, 0.15) is 5.92 Å². The molecule has 0 spiro atoms. The molecule has 3 heteroatoms. The summed E-state index contributed by atoms with van der Waals surface area (Å²) < 4.78 is 0. The van der Waals surface area contributed by atoms with Crippen molar-refractivity contribution in [3.05, 3.63) is 47.5 Å². The number of halogens is 1. The van der Waals surface area contributed by atoms with Gasteiger partial charge in [-0.05, 0) is 12.5 Å². The third-order valence-electron chi connectivity index (χ3n) is 2.09. The van der Waals surface area contributed by atoms with Gasteiger partial charge in [-0.15, -0.1) is 11.6 Å². The summed E-state index contributed by atoms with van der Waals surface area (Å²) in [6, 6.07) is 9.12. The Hall–Kier alpha value is -1.28. The lowest BCUT2D eigenvalue weighted by Crippen LogP contribution is -2.09. The quantitative estimate of drug-likeness (QED) is 0.631. The van der Waals surface area contributed by atoms with E-state index >= 15 is 0 Å². The third kappa shape index (κ3) is 3.40. The van der Waals surface area contributed by atoms with E-state index in [0.29, 0.717) is 5.88 Å². The van der Waals surface area contributed by atoms with Crippen LogP contribution in [0.5, 0.6) is 0 Å². The van der Waals surface area contributed by atoms with E-state index < -0.39 is 11.9 Å². The fraction of sp³-hybridized carbons (Fsp3) is 0.250. The maximum Gasteiger partial charge on any atom is 0.314 e. The maximum absolute atomic E-state index is 11.1. The molecule has 1 aromatic carbocycles. The van der Waals surface area contributed by atoms with E-state index in [4.69, 9.17) is 16.7 Å². The van der Waals surface area contributed by atoms with Gasteiger partial charge in [0.2, 0.25) is 0 Å². The molecule has 0 saturated heterocycles. The Bertz CT molecular complexity index is 357. The van der Waals surface area contributed by atoms with Crippen LogP contribution in [0, 0.1) is 0 Å². The Kier molecular flexibility index (Phi) is 4.37. The molecule has 2 nitrogen and oxygen atoms in total. The highest BCUT2D eigenvalue weighted by Crippen LogP contribution is 2.19. The Morgan fingerprint density at radius 3 is 2.53 bits per heavy atom. The number of alkyl halides is 1. The molecule has 0 bridgehead atoms. The Morgan fingerprint density at radius 1 is 1.47 bits per heavy atom. The molecule has 0 amide bonds. The first-order valence-corrected chi connectivity index (χ1v) is 5.19. The second-order valence-electron chi connectivity index (χ2n) is 3.37. The van der Waals surface area contributed by atoms with Gasteiger partial charge >= 0.3 is 5.97 Å². The highest BCUT2D eigenvalue weighted by molar-refractivity contribution is 6.19. The molecular weight excluding hydrogens is 212 g/mol. The number of carbonyl (C=O) groups is 1. The first kappa shape index (κ1) is 11.8. The largest absolute Gasteiger partial charge is 0.481 e. The normalized spacial score (nSPS) is 13.6. The molecule has 1 aromatic rings. The van der Waals surface area contributed by atoms with Crippen molar-refractivity contribution < 1.29 is 9.90 Å². The number of aliphatic carboxylic acids is 1. The SMILES string of the molecule is CC(=C[C@H](C(=O)O)c1ccccc1)CCl. The van der Waals surface area contributed by atoms with E-state index in [-0.39, 0.29) is 0 Å². The van der Waals surface area contributed by atoms with Crippen LogP contribution in [0.1, 0.15) is 18.4 Å². The van der Waals surface area contributed by atoms with E-state index in [0.717, 1.165) is 11.1 Å². The molecule has 0 fully saturated rings. The van der Waals surface area contributed by atoms with Gasteiger partial charge in [0.05, 0.1) is 0 Å². The van der Waals surface area contributed by atoms with Crippen LogP contribution in [0.2, 0.25) is 0 Å². The van der Waals surface area contributed by atoms with Crippen molar-refractivity contribution in [3.8, 4) is 0 Å². The van der Waals surface area contributed by atoms with Crippen LogP contribution >= 0.6 is 11.6 Å². The maximum atomic E-state index is 11.1. The van der Waals surface area contributed by atoms with Crippen molar-refractivity contribution in [2.75, 3.05) is 5.88 Å². The van der Waals surface area contributed by atoms with Crippen molar-refractivity contribution in [3.63, 3.8) is 0 Å². The van der Waals surface area contributed by atoms with E-state index in [1.807, 2.05) is 25.1 Å². The van der Waals surface area contributed by atoms with Crippen LogP contribution in [-0.4, -0.2) is 17.0 Å². The third-order valence-corrected chi connectivity index (χ3v) is 2.51. The van der Waals surface area contributed by atoms with Gasteiger partial charge in [0.15, 0.2) is 0 Å². The first-order chi connectivity index (χ1) is 7.15. The average molecular weight is 225 g/mol. The summed E-state index contributed by atoms with van der Waals surface area (Å²) in [5.41, 5.74) is 1.64.